The van der Waals surface area contributed by atoms with Crippen molar-refractivity contribution in [2.24, 2.45) is 0 Å². The van der Waals surface area contributed by atoms with Crippen molar-refractivity contribution >= 4 is 26.6 Å². The number of amides is 1. The van der Waals surface area contributed by atoms with E-state index in [1.807, 2.05) is 13.8 Å². The molecule has 0 N–H and O–H groups in total. The van der Waals surface area contributed by atoms with Crippen molar-refractivity contribution in [2.75, 3.05) is 13.1 Å². The number of halogens is 1. The number of para-hydroxylation sites is 1. The molecule has 1 aromatic heterocycles. The molecule has 142 valence electrons. The summed E-state index contributed by atoms with van der Waals surface area (Å²) in [7, 11) is -3.84. The van der Waals surface area contributed by atoms with Gasteiger partial charge in [0.2, 0.25) is 15.7 Å². The van der Waals surface area contributed by atoms with Gasteiger partial charge in [0.1, 0.15) is 12.4 Å². The summed E-state index contributed by atoms with van der Waals surface area (Å²) in [5, 5.41) is 0.536. The zero-order chi connectivity index (χ0) is 19.6. The maximum absolute atomic E-state index is 13.2. The third-order valence-corrected chi connectivity index (χ3v) is 6.38. The van der Waals surface area contributed by atoms with Crippen LogP contribution >= 0.6 is 0 Å². The van der Waals surface area contributed by atoms with E-state index in [0.29, 0.717) is 24.0 Å². The molecule has 0 saturated heterocycles. The van der Waals surface area contributed by atoms with Crippen LogP contribution in [-0.2, 0) is 21.2 Å². The number of benzene rings is 2. The van der Waals surface area contributed by atoms with Crippen LogP contribution in [0.25, 0.3) is 10.9 Å². The molecular weight excluding hydrogens is 367 g/mol. The maximum Gasteiger partial charge on any atom is 0.242 e. The summed E-state index contributed by atoms with van der Waals surface area (Å²) in [4.78, 5) is 14.3. The van der Waals surface area contributed by atoms with Crippen molar-refractivity contribution in [1.29, 1.82) is 0 Å². The number of fused-ring (bicyclic) bond motifs is 1. The van der Waals surface area contributed by atoms with Gasteiger partial charge in [0, 0.05) is 30.2 Å². The highest BCUT2D eigenvalue weighted by atomic mass is 32.2. The average molecular weight is 388 g/mol. The number of sulfone groups is 1. The molecule has 0 aliphatic heterocycles. The Morgan fingerprint density at radius 1 is 1.04 bits per heavy atom. The first-order chi connectivity index (χ1) is 12.9. The van der Waals surface area contributed by atoms with E-state index in [2.05, 4.69) is 0 Å². The quantitative estimate of drug-likeness (QED) is 0.608. The summed E-state index contributed by atoms with van der Waals surface area (Å²) in [6, 6.07) is 11.8. The molecule has 0 aliphatic rings. The Labute approximate surface area is 157 Å². The average Bonchev–Trinajstić information content (AvgIpc) is 3.02. The van der Waals surface area contributed by atoms with Gasteiger partial charge in [0.25, 0.3) is 0 Å². The van der Waals surface area contributed by atoms with Crippen LogP contribution in [0.1, 0.15) is 13.8 Å². The standard InChI is InChI=1S/C20H21FN2O3S/c1-3-22(4-2)20(24)14-23-13-19(17-7-5-6-8-18(17)23)27(25,26)16-11-9-15(21)10-12-16/h5-13H,3-4,14H2,1-2H3. The fourth-order valence-corrected chi connectivity index (χ4v) is 4.60. The second-order valence-corrected chi connectivity index (χ2v) is 8.08. The lowest BCUT2D eigenvalue weighted by atomic mass is 10.2. The Morgan fingerprint density at radius 3 is 2.30 bits per heavy atom. The minimum atomic E-state index is -3.84. The van der Waals surface area contributed by atoms with Gasteiger partial charge in [-0.15, -0.1) is 0 Å². The minimum absolute atomic E-state index is 0.0156. The molecule has 0 unspecified atom stereocenters. The van der Waals surface area contributed by atoms with Gasteiger partial charge in [0.05, 0.1) is 9.79 Å². The topological polar surface area (TPSA) is 59.4 Å². The van der Waals surface area contributed by atoms with Crippen LogP contribution < -0.4 is 0 Å². The zero-order valence-electron chi connectivity index (χ0n) is 15.2. The molecule has 0 spiro atoms. The number of rotatable bonds is 6. The summed E-state index contributed by atoms with van der Waals surface area (Å²) in [5.41, 5.74) is 0.665. The molecule has 3 rings (SSSR count). The molecule has 0 atom stereocenters. The Morgan fingerprint density at radius 2 is 1.67 bits per heavy atom. The Bertz CT molecular complexity index is 1070. The van der Waals surface area contributed by atoms with E-state index in [9.17, 15) is 17.6 Å². The lowest BCUT2D eigenvalue weighted by molar-refractivity contribution is -0.131. The van der Waals surface area contributed by atoms with Crippen LogP contribution in [0.4, 0.5) is 4.39 Å². The number of aromatic nitrogens is 1. The SMILES string of the molecule is CCN(CC)C(=O)Cn1cc(S(=O)(=O)c2ccc(F)cc2)c2ccccc21. The van der Waals surface area contributed by atoms with E-state index in [1.54, 1.807) is 33.7 Å². The van der Waals surface area contributed by atoms with Crippen molar-refractivity contribution in [3.8, 4) is 0 Å². The number of nitrogens with zero attached hydrogens (tertiary/aromatic N) is 2. The van der Waals surface area contributed by atoms with E-state index in [0.717, 1.165) is 12.1 Å². The fraction of sp³-hybridized carbons (Fsp3) is 0.250. The lowest BCUT2D eigenvalue weighted by Crippen LogP contribution is -2.33. The van der Waals surface area contributed by atoms with Crippen LogP contribution in [0.2, 0.25) is 0 Å². The first-order valence-corrected chi connectivity index (χ1v) is 10.2. The van der Waals surface area contributed by atoms with Crippen LogP contribution in [0.3, 0.4) is 0 Å². The first kappa shape index (κ1) is 19.1. The Kier molecular flexibility index (Phi) is 5.32. The Balaban J connectivity index is 2.10. The van der Waals surface area contributed by atoms with Gasteiger partial charge in [-0.2, -0.15) is 0 Å². The highest BCUT2D eigenvalue weighted by molar-refractivity contribution is 7.91. The van der Waals surface area contributed by atoms with Gasteiger partial charge in [-0.05, 0) is 44.2 Å². The van der Waals surface area contributed by atoms with Gasteiger partial charge < -0.3 is 9.47 Å². The lowest BCUT2D eigenvalue weighted by Gasteiger charge is -2.19. The Hall–Kier alpha value is -2.67. The zero-order valence-corrected chi connectivity index (χ0v) is 16.0. The van der Waals surface area contributed by atoms with E-state index < -0.39 is 15.7 Å². The highest BCUT2D eigenvalue weighted by Crippen LogP contribution is 2.30. The molecule has 0 fully saturated rings. The first-order valence-electron chi connectivity index (χ1n) is 8.74. The summed E-state index contributed by atoms with van der Waals surface area (Å²) in [6.07, 6.45) is 1.49. The number of hydrogen-bond donors (Lipinski definition) is 0. The van der Waals surface area contributed by atoms with Crippen LogP contribution in [0.15, 0.2) is 64.5 Å². The molecule has 2 aromatic carbocycles. The second kappa shape index (κ2) is 7.52. The predicted molar refractivity (Wildman–Crippen MR) is 102 cm³/mol. The van der Waals surface area contributed by atoms with Crippen LogP contribution in [0, 0.1) is 5.82 Å². The molecular formula is C20H21FN2O3S. The van der Waals surface area contributed by atoms with E-state index in [1.165, 1.54) is 18.3 Å². The second-order valence-electron chi connectivity index (χ2n) is 6.16. The largest absolute Gasteiger partial charge is 0.342 e. The summed E-state index contributed by atoms with van der Waals surface area (Å²) < 4.78 is 41.0. The van der Waals surface area contributed by atoms with Gasteiger partial charge >= 0.3 is 0 Å². The fourth-order valence-electron chi connectivity index (χ4n) is 3.12. The normalized spacial score (nSPS) is 11.7. The molecule has 0 bridgehead atoms. The van der Waals surface area contributed by atoms with Crippen molar-refractivity contribution < 1.29 is 17.6 Å². The third kappa shape index (κ3) is 3.60. The van der Waals surface area contributed by atoms with Gasteiger partial charge in [0.15, 0.2) is 0 Å². The molecule has 0 saturated carbocycles. The van der Waals surface area contributed by atoms with Crippen molar-refractivity contribution in [2.45, 2.75) is 30.2 Å². The van der Waals surface area contributed by atoms with E-state index in [-0.39, 0.29) is 22.2 Å². The van der Waals surface area contributed by atoms with Crippen LogP contribution in [-0.4, -0.2) is 36.9 Å². The molecule has 7 heteroatoms. The third-order valence-electron chi connectivity index (χ3n) is 4.59. The molecule has 0 aliphatic carbocycles. The van der Waals surface area contributed by atoms with Gasteiger partial charge in [-0.3, -0.25) is 4.79 Å². The van der Waals surface area contributed by atoms with E-state index >= 15 is 0 Å². The van der Waals surface area contributed by atoms with Gasteiger partial charge in [-0.25, -0.2) is 12.8 Å². The van der Waals surface area contributed by atoms with Crippen molar-refractivity contribution in [1.82, 2.24) is 9.47 Å². The van der Waals surface area contributed by atoms with Crippen molar-refractivity contribution in [3.05, 3.63) is 60.5 Å². The summed E-state index contributed by atoms with van der Waals surface area (Å²) >= 11 is 0. The molecule has 0 radical (unpaired) electrons. The highest BCUT2D eigenvalue weighted by Gasteiger charge is 2.24. The minimum Gasteiger partial charge on any atom is -0.342 e. The molecule has 1 heterocycles. The monoisotopic (exact) mass is 388 g/mol. The smallest absolute Gasteiger partial charge is 0.242 e. The predicted octanol–water partition coefficient (Wildman–Crippen LogP) is 3.48. The summed E-state index contributed by atoms with van der Waals surface area (Å²) in [5.74, 6) is -0.576. The molecule has 27 heavy (non-hydrogen) atoms. The number of hydrogen-bond acceptors (Lipinski definition) is 3. The maximum atomic E-state index is 13.2. The number of carbonyl (C=O) groups is 1. The van der Waals surface area contributed by atoms with Crippen molar-refractivity contribution in [3.63, 3.8) is 0 Å². The molecule has 3 aromatic rings. The number of carbonyl (C=O) groups excluding carboxylic acids is 1. The van der Waals surface area contributed by atoms with E-state index in [4.69, 9.17) is 0 Å². The van der Waals surface area contributed by atoms with Gasteiger partial charge in [-0.1, -0.05) is 18.2 Å². The van der Waals surface area contributed by atoms with Crippen LogP contribution in [0.5, 0.6) is 0 Å². The molecule has 1 amide bonds. The summed E-state index contributed by atoms with van der Waals surface area (Å²) in [6.45, 7) is 5.05. The number of likely N-dealkylation sites (N-methyl/N-ethyl adjacent to an activating group) is 1. The molecule has 5 nitrogen and oxygen atoms in total.